The third kappa shape index (κ3) is 7.48. The van der Waals surface area contributed by atoms with Gasteiger partial charge in [-0.25, -0.2) is 0 Å². The van der Waals surface area contributed by atoms with Gasteiger partial charge in [0.05, 0.1) is 0 Å². The van der Waals surface area contributed by atoms with Crippen LogP contribution in [0.5, 0.6) is 0 Å². The lowest BCUT2D eigenvalue weighted by Gasteiger charge is -2.27. The van der Waals surface area contributed by atoms with E-state index in [0.29, 0.717) is 0 Å². The van der Waals surface area contributed by atoms with E-state index in [0.717, 1.165) is 25.8 Å². The fourth-order valence-corrected chi connectivity index (χ4v) is 1.78. The molecule has 0 rings (SSSR count). The molecule has 0 radical (unpaired) electrons. The zero-order chi connectivity index (χ0) is 11.9. The Hall–Kier alpha value is -0.440. The summed E-state index contributed by atoms with van der Waals surface area (Å²) in [6.07, 6.45) is 2.92. The second kappa shape index (κ2) is 6.94. The number of hydrogen-bond donors (Lipinski definition) is 1. The quantitative estimate of drug-likeness (QED) is 0.633. The van der Waals surface area contributed by atoms with Crippen molar-refractivity contribution in [2.75, 3.05) is 13.6 Å². The lowest BCUT2D eigenvalue weighted by Crippen LogP contribution is -2.21. The van der Waals surface area contributed by atoms with Crippen LogP contribution < -0.4 is 5.32 Å². The molecule has 0 aromatic carbocycles. The van der Waals surface area contributed by atoms with Crippen LogP contribution >= 0.6 is 0 Å². The predicted molar refractivity (Wildman–Crippen MR) is 61.5 cm³/mol. The molecule has 3 heteroatoms. The van der Waals surface area contributed by atoms with E-state index in [9.17, 15) is 9.18 Å². The monoisotopic (exact) mass is 217 g/mol. The number of carbonyl (C=O) groups is 1. The lowest BCUT2D eigenvalue weighted by molar-refractivity contribution is -0.130. The number of halogens is 1. The third-order valence-corrected chi connectivity index (χ3v) is 3.05. The van der Waals surface area contributed by atoms with Crippen molar-refractivity contribution < 1.29 is 9.18 Å². The molecule has 0 saturated heterocycles. The Morgan fingerprint density at radius 3 is 2.47 bits per heavy atom. The fraction of sp³-hybridized carbons (Fsp3) is 0.917. The van der Waals surface area contributed by atoms with Crippen molar-refractivity contribution in [3.63, 3.8) is 0 Å². The number of carbonyl (C=O) groups excluding carboxylic acids is 1. The Morgan fingerprint density at radius 1 is 1.47 bits per heavy atom. The number of nitrogens with one attached hydrogen (secondary N) is 1. The normalized spacial score (nSPS) is 13.9. The van der Waals surface area contributed by atoms with Crippen molar-refractivity contribution in [3.05, 3.63) is 0 Å². The Balaban J connectivity index is 4.16. The molecule has 90 valence electrons. The molecule has 0 aromatic heterocycles. The van der Waals surface area contributed by atoms with E-state index in [2.05, 4.69) is 26.1 Å². The van der Waals surface area contributed by atoms with Crippen LogP contribution in [0.1, 0.15) is 46.5 Å². The number of hydrogen-bond acceptors (Lipinski definition) is 2. The smallest absolute Gasteiger partial charge is 0.301 e. The van der Waals surface area contributed by atoms with Crippen molar-refractivity contribution in [2.45, 2.75) is 46.5 Å². The van der Waals surface area contributed by atoms with Gasteiger partial charge in [0.2, 0.25) is 0 Å². The minimum Gasteiger partial charge on any atom is -0.320 e. The van der Waals surface area contributed by atoms with E-state index in [4.69, 9.17) is 0 Å². The van der Waals surface area contributed by atoms with Crippen LogP contribution in [0.4, 0.5) is 4.39 Å². The fourth-order valence-electron chi connectivity index (χ4n) is 1.78. The maximum absolute atomic E-state index is 12.4. The lowest BCUT2D eigenvalue weighted by atomic mass is 9.78. The van der Waals surface area contributed by atoms with E-state index in [1.54, 1.807) is 0 Å². The summed E-state index contributed by atoms with van der Waals surface area (Å²) in [6.45, 7) is 7.31. The van der Waals surface area contributed by atoms with Gasteiger partial charge < -0.3 is 5.32 Å². The molecule has 2 nitrogen and oxygen atoms in total. The van der Waals surface area contributed by atoms with Crippen molar-refractivity contribution in [3.8, 4) is 0 Å². The molecular formula is C12H24FNO. The maximum atomic E-state index is 12.4. The average molecular weight is 217 g/mol. The third-order valence-electron chi connectivity index (χ3n) is 3.05. The first-order valence-electron chi connectivity index (χ1n) is 5.74. The van der Waals surface area contributed by atoms with Crippen LogP contribution in [0.15, 0.2) is 0 Å². The van der Waals surface area contributed by atoms with Gasteiger partial charge in [0.25, 0.3) is 0 Å². The molecule has 0 aromatic rings. The van der Waals surface area contributed by atoms with Crippen molar-refractivity contribution >= 4 is 6.04 Å². The summed E-state index contributed by atoms with van der Waals surface area (Å²) in [5, 5.41) is 3.04. The molecule has 0 aliphatic heterocycles. The van der Waals surface area contributed by atoms with Gasteiger partial charge in [-0.15, -0.1) is 0 Å². The predicted octanol–water partition coefficient (Wildman–Crippen LogP) is 2.92. The molecule has 0 saturated carbocycles. The van der Waals surface area contributed by atoms with Gasteiger partial charge >= 0.3 is 6.04 Å². The largest absolute Gasteiger partial charge is 0.320 e. The molecule has 0 fully saturated rings. The van der Waals surface area contributed by atoms with E-state index in [1.807, 2.05) is 7.05 Å². The zero-order valence-corrected chi connectivity index (χ0v) is 10.4. The molecule has 1 unspecified atom stereocenters. The highest BCUT2D eigenvalue weighted by Crippen LogP contribution is 2.31. The first kappa shape index (κ1) is 14.6. The molecule has 0 amide bonds. The summed E-state index contributed by atoms with van der Waals surface area (Å²) in [5.74, 6) is 0.171. The second-order valence-corrected chi connectivity index (χ2v) is 5.04. The van der Waals surface area contributed by atoms with E-state index in [-0.39, 0.29) is 17.8 Å². The van der Waals surface area contributed by atoms with Crippen molar-refractivity contribution in [1.82, 2.24) is 5.32 Å². The summed E-state index contributed by atoms with van der Waals surface area (Å²) in [7, 11) is 1.87. The van der Waals surface area contributed by atoms with Gasteiger partial charge in [-0.2, -0.15) is 4.39 Å². The molecule has 0 heterocycles. The van der Waals surface area contributed by atoms with Gasteiger partial charge in [-0.1, -0.05) is 27.2 Å². The highest BCUT2D eigenvalue weighted by molar-refractivity contribution is 5.68. The molecule has 1 N–H and O–H groups in total. The topological polar surface area (TPSA) is 29.1 Å². The van der Waals surface area contributed by atoms with Gasteiger partial charge in [0.1, 0.15) is 0 Å². The van der Waals surface area contributed by atoms with Crippen LogP contribution in [0.2, 0.25) is 0 Å². The van der Waals surface area contributed by atoms with Crippen LogP contribution in [0.3, 0.4) is 0 Å². The molecule has 0 bridgehead atoms. The van der Waals surface area contributed by atoms with Gasteiger partial charge in [0.15, 0.2) is 0 Å². The van der Waals surface area contributed by atoms with Crippen molar-refractivity contribution in [1.29, 1.82) is 0 Å². The first-order valence-corrected chi connectivity index (χ1v) is 5.74. The van der Waals surface area contributed by atoms with E-state index >= 15 is 0 Å². The summed E-state index contributed by atoms with van der Waals surface area (Å²) in [5.41, 5.74) is 0.202. The van der Waals surface area contributed by atoms with Crippen LogP contribution in [0, 0.1) is 11.3 Å². The van der Waals surface area contributed by atoms with Gasteiger partial charge in [-0.05, 0) is 37.8 Å². The molecule has 0 spiro atoms. The molecular weight excluding hydrogens is 193 g/mol. The van der Waals surface area contributed by atoms with Gasteiger partial charge in [0, 0.05) is 6.42 Å². The van der Waals surface area contributed by atoms with Crippen LogP contribution in [-0.2, 0) is 4.79 Å². The summed E-state index contributed by atoms with van der Waals surface area (Å²) >= 11 is 0. The van der Waals surface area contributed by atoms with E-state index < -0.39 is 6.04 Å². The highest BCUT2D eigenvalue weighted by atomic mass is 19.1. The van der Waals surface area contributed by atoms with E-state index in [1.165, 1.54) is 0 Å². The molecule has 1 atom stereocenters. The second-order valence-electron chi connectivity index (χ2n) is 5.04. The SMILES string of the molecule is CCC(C)(C)CC(CCNC)CC(=O)F. The Morgan fingerprint density at radius 2 is 2.07 bits per heavy atom. The standard InChI is InChI=1S/C12H24FNO/c1-5-12(2,3)9-10(6-7-14-4)8-11(13)15/h10,14H,5-9H2,1-4H3. The van der Waals surface area contributed by atoms with Crippen LogP contribution in [-0.4, -0.2) is 19.6 Å². The average Bonchev–Trinajstić information content (AvgIpc) is 2.13. The number of rotatable bonds is 8. The highest BCUT2D eigenvalue weighted by Gasteiger charge is 2.23. The summed E-state index contributed by atoms with van der Waals surface area (Å²) < 4.78 is 12.4. The minimum absolute atomic E-state index is 0.0745. The Bertz CT molecular complexity index is 192. The Labute approximate surface area is 92.6 Å². The van der Waals surface area contributed by atoms with Gasteiger partial charge in [-0.3, -0.25) is 4.79 Å². The minimum atomic E-state index is -1.18. The summed E-state index contributed by atoms with van der Waals surface area (Å²) in [6, 6.07) is -1.18. The maximum Gasteiger partial charge on any atom is 0.301 e. The molecule has 15 heavy (non-hydrogen) atoms. The summed E-state index contributed by atoms with van der Waals surface area (Å²) in [4.78, 5) is 10.5. The first-order chi connectivity index (χ1) is 6.91. The van der Waals surface area contributed by atoms with Crippen molar-refractivity contribution in [2.24, 2.45) is 11.3 Å². The molecule has 0 aliphatic rings. The van der Waals surface area contributed by atoms with Crippen LogP contribution in [0.25, 0.3) is 0 Å². The molecule has 0 aliphatic carbocycles. The zero-order valence-electron chi connectivity index (χ0n) is 10.4. The Kier molecular flexibility index (Phi) is 6.73.